The van der Waals surface area contributed by atoms with E-state index in [4.69, 9.17) is 4.74 Å². The molecule has 0 saturated carbocycles. The molecular weight excluding hydrogens is 294 g/mol. The molecule has 0 bridgehead atoms. The number of esters is 1. The average molecular weight is 315 g/mol. The first-order valence-electron chi connectivity index (χ1n) is 7.33. The molecule has 6 heteroatoms. The number of rotatable bonds is 6. The molecular formula is C17H21N3O3. The van der Waals surface area contributed by atoms with Crippen molar-refractivity contribution in [1.29, 1.82) is 0 Å². The summed E-state index contributed by atoms with van der Waals surface area (Å²) < 4.78 is 8.71. The van der Waals surface area contributed by atoms with Gasteiger partial charge in [-0.2, -0.15) is 5.10 Å². The zero-order valence-electron chi connectivity index (χ0n) is 13.9. The number of carbonyl (C=O) groups is 2. The van der Waals surface area contributed by atoms with E-state index in [1.165, 1.54) is 6.20 Å². The van der Waals surface area contributed by atoms with Crippen LogP contribution < -0.4 is 0 Å². The zero-order chi connectivity index (χ0) is 17.1. The Hall–Kier alpha value is -2.63. The summed E-state index contributed by atoms with van der Waals surface area (Å²) in [6.07, 6.45) is 3.22. The van der Waals surface area contributed by atoms with E-state index < -0.39 is 5.97 Å². The smallest absolute Gasteiger partial charge is 0.342 e. The molecule has 0 N–H and O–H groups in total. The van der Waals surface area contributed by atoms with Crippen molar-refractivity contribution in [2.75, 3.05) is 6.61 Å². The van der Waals surface area contributed by atoms with Crippen LogP contribution in [0.4, 0.5) is 0 Å². The fourth-order valence-electron chi connectivity index (χ4n) is 2.48. The van der Waals surface area contributed by atoms with Crippen molar-refractivity contribution in [3.05, 3.63) is 53.1 Å². The molecule has 122 valence electrons. The van der Waals surface area contributed by atoms with E-state index in [2.05, 4.69) is 11.7 Å². The van der Waals surface area contributed by atoms with Crippen molar-refractivity contribution >= 4 is 11.8 Å². The maximum Gasteiger partial charge on any atom is 0.342 e. The molecule has 0 amide bonds. The third-order valence-corrected chi connectivity index (χ3v) is 3.98. The topological polar surface area (TPSA) is 66.1 Å². The quantitative estimate of drug-likeness (QED) is 0.466. The lowest BCUT2D eigenvalue weighted by atomic mass is 10.1. The first kappa shape index (κ1) is 16.7. The van der Waals surface area contributed by atoms with E-state index in [0.29, 0.717) is 23.4 Å². The van der Waals surface area contributed by atoms with E-state index in [1.54, 1.807) is 24.7 Å². The molecule has 6 nitrogen and oxygen atoms in total. The van der Waals surface area contributed by atoms with Gasteiger partial charge in [0.05, 0.1) is 6.20 Å². The van der Waals surface area contributed by atoms with Gasteiger partial charge in [0.25, 0.3) is 0 Å². The predicted molar refractivity (Wildman–Crippen MR) is 86.7 cm³/mol. The van der Waals surface area contributed by atoms with Gasteiger partial charge in [0, 0.05) is 36.2 Å². The van der Waals surface area contributed by atoms with Crippen LogP contribution in [0.2, 0.25) is 0 Å². The third-order valence-electron chi connectivity index (χ3n) is 3.98. The average Bonchev–Trinajstić information content (AvgIpc) is 2.99. The van der Waals surface area contributed by atoms with Crippen molar-refractivity contribution in [3.8, 4) is 0 Å². The van der Waals surface area contributed by atoms with E-state index in [0.717, 1.165) is 11.4 Å². The van der Waals surface area contributed by atoms with Crippen molar-refractivity contribution in [2.24, 2.45) is 7.05 Å². The molecule has 2 rings (SSSR count). The number of ketones is 1. The number of allylic oxidation sites excluding steroid dienone is 1. The van der Waals surface area contributed by atoms with Crippen LogP contribution in [0.3, 0.4) is 0 Å². The minimum atomic E-state index is -0.538. The lowest BCUT2D eigenvalue weighted by Gasteiger charge is -2.07. The Bertz CT molecular complexity index is 768. The summed E-state index contributed by atoms with van der Waals surface area (Å²) >= 11 is 0. The second kappa shape index (κ2) is 6.64. The maximum absolute atomic E-state index is 12.3. The van der Waals surface area contributed by atoms with Gasteiger partial charge >= 0.3 is 5.97 Å². The van der Waals surface area contributed by atoms with E-state index >= 15 is 0 Å². The number of Topliss-reactive ketones (excluding diaryl/α,β-unsaturated/α-hetero) is 1. The van der Waals surface area contributed by atoms with Gasteiger partial charge in [-0.15, -0.1) is 6.58 Å². The Balaban J connectivity index is 2.08. The highest BCUT2D eigenvalue weighted by Gasteiger charge is 2.19. The first-order chi connectivity index (χ1) is 10.9. The molecule has 2 aromatic heterocycles. The third kappa shape index (κ3) is 3.26. The van der Waals surface area contributed by atoms with Crippen LogP contribution >= 0.6 is 0 Å². The molecule has 2 aromatic rings. The van der Waals surface area contributed by atoms with Crippen LogP contribution in [0.15, 0.2) is 24.9 Å². The molecule has 0 fully saturated rings. The normalized spacial score (nSPS) is 10.6. The lowest BCUT2D eigenvalue weighted by Crippen LogP contribution is -2.15. The number of hydrogen-bond donors (Lipinski definition) is 0. The number of hydrogen-bond acceptors (Lipinski definition) is 4. The van der Waals surface area contributed by atoms with Gasteiger partial charge < -0.3 is 9.30 Å². The number of nitrogens with zero attached hydrogens (tertiary/aromatic N) is 3. The van der Waals surface area contributed by atoms with Gasteiger partial charge in [-0.1, -0.05) is 6.08 Å². The van der Waals surface area contributed by atoms with Crippen LogP contribution in [0.5, 0.6) is 0 Å². The summed E-state index contributed by atoms with van der Waals surface area (Å²) in [4.78, 5) is 24.4. The maximum atomic E-state index is 12.3. The molecule has 0 atom stereocenters. The van der Waals surface area contributed by atoms with Gasteiger partial charge in [0.1, 0.15) is 5.56 Å². The molecule has 0 aliphatic carbocycles. The van der Waals surface area contributed by atoms with Crippen LogP contribution in [0, 0.1) is 20.8 Å². The summed E-state index contributed by atoms with van der Waals surface area (Å²) in [5.74, 6) is -0.757. The van der Waals surface area contributed by atoms with Crippen molar-refractivity contribution < 1.29 is 14.3 Å². The Morgan fingerprint density at radius 1 is 1.26 bits per heavy atom. The summed E-state index contributed by atoms with van der Waals surface area (Å²) in [5, 5.41) is 3.99. The van der Waals surface area contributed by atoms with E-state index in [-0.39, 0.29) is 12.4 Å². The SMILES string of the molecule is C=CCn1c(C)cc(C(=O)COC(=O)c2cnn(C)c2C)c1C. The molecule has 0 radical (unpaired) electrons. The first-order valence-corrected chi connectivity index (χ1v) is 7.33. The standard InChI is InChI=1S/C17H21N3O3/c1-6-7-20-11(2)8-14(13(20)4)16(21)10-23-17(22)15-9-18-19(5)12(15)3/h6,8-9H,1,7,10H2,2-5H3. The molecule has 23 heavy (non-hydrogen) atoms. The summed E-state index contributed by atoms with van der Waals surface area (Å²) in [6, 6.07) is 1.81. The number of aromatic nitrogens is 3. The number of aryl methyl sites for hydroxylation is 2. The van der Waals surface area contributed by atoms with Crippen molar-refractivity contribution in [3.63, 3.8) is 0 Å². The molecule has 0 aliphatic rings. The molecule has 2 heterocycles. The van der Waals surface area contributed by atoms with E-state index in [9.17, 15) is 9.59 Å². The Morgan fingerprint density at radius 2 is 1.96 bits per heavy atom. The summed E-state index contributed by atoms with van der Waals surface area (Å²) in [6.45, 7) is 9.64. The van der Waals surface area contributed by atoms with Crippen LogP contribution in [-0.2, 0) is 18.3 Å². The Kier molecular flexibility index (Phi) is 4.83. The summed E-state index contributed by atoms with van der Waals surface area (Å²) in [5.41, 5.74) is 3.46. The lowest BCUT2D eigenvalue weighted by molar-refractivity contribution is 0.0473. The van der Waals surface area contributed by atoms with E-state index in [1.807, 2.05) is 24.5 Å². The fraction of sp³-hybridized carbons (Fsp3) is 0.353. The molecule has 0 spiro atoms. The van der Waals surface area contributed by atoms with Gasteiger partial charge in [-0.3, -0.25) is 9.48 Å². The highest BCUT2D eigenvalue weighted by atomic mass is 16.5. The van der Waals surface area contributed by atoms with Gasteiger partial charge in [0.15, 0.2) is 6.61 Å². The molecule has 0 saturated heterocycles. The number of carbonyl (C=O) groups excluding carboxylic acids is 2. The minimum Gasteiger partial charge on any atom is -0.454 e. The predicted octanol–water partition coefficient (Wildman–Crippen LogP) is 2.37. The second-order valence-electron chi connectivity index (χ2n) is 5.45. The minimum absolute atomic E-state index is 0.219. The second-order valence-corrected chi connectivity index (χ2v) is 5.45. The molecule has 0 unspecified atom stereocenters. The van der Waals surface area contributed by atoms with Gasteiger partial charge in [0.2, 0.25) is 5.78 Å². The molecule has 0 aliphatic heterocycles. The molecule has 0 aromatic carbocycles. The van der Waals surface area contributed by atoms with Crippen LogP contribution in [0.25, 0.3) is 0 Å². The summed E-state index contributed by atoms with van der Waals surface area (Å²) in [7, 11) is 1.74. The van der Waals surface area contributed by atoms with Crippen LogP contribution in [0.1, 0.15) is 37.8 Å². The number of ether oxygens (including phenoxy) is 1. The zero-order valence-corrected chi connectivity index (χ0v) is 13.9. The fourth-order valence-corrected chi connectivity index (χ4v) is 2.48. The Labute approximate surface area is 135 Å². The van der Waals surface area contributed by atoms with Crippen molar-refractivity contribution in [1.82, 2.24) is 14.3 Å². The largest absolute Gasteiger partial charge is 0.454 e. The Morgan fingerprint density at radius 3 is 2.52 bits per heavy atom. The van der Waals surface area contributed by atoms with Crippen molar-refractivity contribution in [2.45, 2.75) is 27.3 Å². The highest BCUT2D eigenvalue weighted by Crippen LogP contribution is 2.16. The van der Waals surface area contributed by atoms with Gasteiger partial charge in [-0.05, 0) is 26.8 Å². The van der Waals surface area contributed by atoms with Gasteiger partial charge in [-0.25, -0.2) is 4.79 Å². The highest BCUT2D eigenvalue weighted by molar-refractivity contribution is 6.00. The van der Waals surface area contributed by atoms with Crippen LogP contribution in [-0.4, -0.2) is 32.7 Å². The monoisotopic (exact) mass is 315 g/mol.